The Morgan fingerprint density at radius 3 is 2.48 bits per heavy atom. The molecule has 0 aliphatic carbocycles. The smallest absolute Gasteiger partial charge is 0.255 e. The summed E-state index contributed by atoms with van der Waals surface area (Å²) in [5.74, 6) is 1.44. The molecule has 1 amide bonds. The van der Waals surface area contributed by atoms with Crippen molar-refractivity contribution >= 4 is 11.6 Å². The van der Waals surface area contributed by atoms with E-state index in [2.05, 4.69) is 15.5 Å². The number of rotatable bonds is 5. The third kappa shape index (κ3) is 4.23. The van der Waals surface area contributed by atoms with Gasteiger partial charge in [0.2, 0.25) is 11.7 Å². The maximum absolute atomic E-state index is 12.3. The number of benzene rings is 2. The van der Waals surface area contributed by atoms with E-state index in [-0.39, 0.29) is 12.5 Å². The fraction of sp³-hybridized carbons (Fsp3) is 0.211. The molecule has 0 fully saturated rings. The van der Waals surface area contributed by atoms with Crippen molar-refractivity contribution in [2.24, 2.45) is 0 Å². The summed E-state index contributed by atoms with van der Waals surface area (Å²) in [4.78, 5) is 16.4. The standard InChI is InChI=1S/C19H19N3O3/c1-12-4-7-16(10-13(12)2)21-19(23)15-5-8-17(9-6-15)24-11-18-20-14(3)25-22-18/h4-10H,11H2,1-3H3,(H,21,23). The van der Waals surface area contributed by atoms with Crippen LogP contribution in [0.3, 0.4) is 0 Å². The highest BCUT2D eigenvalue weighted by atomic mass is 16.5. The zero-order valence-electron chi connectivity index (χ0n) is 14.4. The van der Waals surface area contributed by atoms with E-state index in [1.54, 1.807) is 31.2 Å². The van der Waals surface area contributed by atoms with Gasteiger partial charge in [0, 0.05) is 18.2 Å². The summed E-state index contributed by atoms with van der Waals surface area (Å²) in [5.41, 5.74) is 3.66. The Balaban J connectivity index is 1.60. The maximum atomic E-state index is 12.3. The molecule has 0 saturated carbocycles. The minimum Gasteiger partial charge on any atom is -0.485 e. The summed E-state index contributed by atoms with van der Waals surface area (Å²) in [6.07, 6.45) is 0. The van der Waals surface area contributed by atoms with Gasteiger partial charge in [-0.05, 0) is 61.4 Å². The first-order valence-corrected chi connectivity index (χ1v) is 7.92. The van der Waals surface area contributed by atoms with E-state index in [1.165, 1.54) is 5.56 Å². The van der Waals surface area contributed by atoms with Gasteiger partial charge in [0.15, 0.2) is 6.61 Å². The molecule has 0 spiro atoms. The van der Waals surface area contributed by atoms with E-state index in [9.17, 15) is 4.79 Å². The van der Waals surface area contributed by atoms with Crippen LogP contribution in [0.2, 0.25) is 0 Å². The van der Waals surface area contributed by atoms with E-state index >= 15 is 0 Å². The molecule has 1 heterocycles. The van der Waals surface area contributed by atoms with Gasteiger partial charge >= 0.3 is 0 Å². The van der Waals surface area contributed by atoms with Crippen LogP contribution in [-0.4, -0.2) is 16.0 Å². The molecule has 6 nitrogen and oxygen atoms in total. The van der Waals surface area contributed by atoms with Crippen LogP contribution < -0.4 is 10.1 Å². The van der Waals surface area contributed by atoms with Crippen molar-refractivity contribution in [1.29, 1.82) is 0 Å². The summed E-state index contributed by atoms with van der Waals surface area (Å²) >= 11 is 0. The quantitative estimate of drug-likeness (QED) is 0.766. The van der Waals surface area contributed by atoms with Crippen LogP contribution >= 0.6 is 0 Å². The summed E-state index contributed by atoms with van der Waals surface area (Å²) < 4.78 is 10.5. The monoisotopic (exact) mass is 337 g/mol. The van der Waals surface area contributed by atoms with Gasteiger partial charge in [0.05, 0.1) is 0 Å². The van der Waals surface area contributed by atoms with E-state index in [1.807, 2.05) is 32.0 Å². The van der Waals surface area contributed by atoms with Crippen molar-refractivity contribution in [2.75, 3.05) is 5.32 Å². The van der Waals surface area contributed by atoms with E-state index in [0.29, 0.717) is 23.0 Å². The topological polar surface area (TPSA) is 77.2 Å². The lowest BCUT2D eigenvalue weighted by atomic mass is 10.1. The van der Waals surface area contributed by atoms with Crippen LogP contribution in [0.5, 0.6) is 5.75 Å². The van der Waals surface area contributed by atoms with Gasteiger partial charge < -0.3 is 14.6 Å². The molecule has 0 radical (unpaired) electrons. The third-order valence-electron chi connectivity index (χ3n) is 3.82. The van der Waals surface area contributed by atoms with Crippen LogP contribution in [0.25, 0.3) is 0 Å². The minimum absolute atomic E-state index is 0.163. The molecule has 3 aromatic rings. The molecule has 1 aromatic heterocycles. The molecule has 6 heteroatoms. The molecule has 0 saturated heterocycles. The summed E-state index contributed by atoms with van der Waals surface area (Å²) in [7, 11) is 0. The molecule has 0 unspecified atom stereocenters. The van der Waals surface area contributed by atoms with Gasteiger partial charge in [-0.25, -0.2) is 0 Å². The van der Waals surface area contributed by atoms with Gasteiger partial charge in [-0.3, -0.25) is 4.79 Å². The van der Waals surface area contributed by atoms with E-state index in [4.69, 9.17) is 9.26 Å². The molecular weight excluding hydrogens is 318 g/mol. The van der Waals surface area contributed by atoms with Crippen LogP contribution in [0.1, 0.15) is 33.2 Å². The molecule has 0 atom stereocenters. The number of hydrogen-bond donors (Lipinski definition) is 1. The first kappa shape index (κ1) is 16.7. The molecule has 128 valence electrons. The predicted octanol–water partition coefficient (Wildman–Crippen LogP) is 3.83. The lowest BCUT2D eigenvalue weighted by Crippen LogP contribution is -2.12. The second-order valence-electron chi connectivity index (χ2n) is 5.80. The molecule has 0 aliphatic heterocycles. The Kier molecular flexibility index (Phi) is 4.79. The number of aryl methyl sites for hydroxylation is 3. The Morgan fingerprint density at radius 1 is 1.08 bits per heavy atom. The van der Waals surface area contributed by atoms with Gasteiger partial charge in [0.1, 0.15) is 5.75 Å². The number of carbonyl (C=O) groups is 1. The molecule has 1 N–H and O–H groups in total. The average molecular weight is 337 g/mol. The summed E-state index contributed by atoms with van der Waals surface area (Å²) in [6.45, 7) is 5.99. The normalized spacial score (nSPS) is 10.5. The first-order chi connectivity index (χ1) is 12.0. The van der Waals surface area contributed by atoms with Crippen molar-refractivity contribution < 1.29 is 14.1 Å². The molecule has 0 bridgehead atoms. The number of carbonyl (C=O) groups excluding carboxylic acids is 1. The van der Waals surface area contributed by atoms with Gasteiger partial charge in [-0.1, -0.05) is 11.2 Å². The lowest BCUT2D eigenvalue weighted by Gasteiger charge is -2.08. The van der Waals surface area contributed by atoms with Crippen molar-refractivity contribution in [1.82, 2.24) is 10.1 Å². The van der Waals surface area contributed by atoms with Gasteiger partial charge in [-0.15, -0.1) is 0 Å². The van der Waals surface area contributed by atoms with Gasteiger partial charge in [0.25, 0.3) is 5.91 Å². The minimum atomic E-state index is -0.163. The Hall–Kier alpha value is -3.15. The number of nitrogens with zero attached hydrogens (tertiary/aromatic N) is 2. The van der Waals surface area contributed by atoms with Crippen LogP contribution in [-0.2, 0) is 6.61 Å². The Labute approximate surface area is 145 Å². The van der Waals surface area contributed by atoms with E-state index in [0.717, 1.165) is 11.3 Å². The molecule has 25 heavy (non-hydrogen) atoms. The number of ether oxygens (including phenoxy) is 1. The van der Waals surface area contributed by atoms with Crippen LogP contribution in [0, 0.1) is 20.8 Å². The predicted molar refractivity (Wildman–Crippen MR) is 93.7 cm³/mol. The highest BCUT2D eigenvalue weighted by Crippen LogP contribution is 2.17. The lowest BCUT2D eigenvalue weighted by molar-refractivity contribution is 0.102. The highest BCUT2D eigenvalue weighted by molar-refractivity contribution is 6.04. The largest absolute Gasteiger partial charge is 0.485 e. The zero-order valence-corrected chi connectivity index (χ0v) is 14.4. The number of anilines is 1. The first-order valence-electron chi connectivity index (χ1n) is 7.92. The van der Waals surface area contributed by atoms with Crippen molar-refractivity contribution in [3.05, 3.63) is 70.9 Å². The number of aromatic nitrogens is 2. The summed E-state index contributed by atoms with van der Waals surface area (Å²) in [5, 5.41) is 6.66. The van der Waals surface area contributed by atoms with Crippen molar-refractivity contribution in [3.8, 4) is 5.75 Å². The molecular formula is C19H19N3O3. The fourth-order valence-corrected chi connectivity index (χ4v) is 2.27. The SMILES string of the molecule is Cc1nc(COc2ccc(C(=O)Nc3ccc(C)c(C)c3)cc2)no1. The van der Waals surface area contributed by atoms with E-state index < -0.39 is 0 Å². The third-order valence-corrected chi connectivity index (χ3v) is 3.82. The molecule has 3 rings (SSSR count). The summed E-state index contributed by atoms with van der Waals surface area (Å²) in [6, 6.07) is 12.7. The van der Waals surface area contributed by atoms with Gasteiger partial charge in [-0.2, -0.15) is 4.98 Å². The fourth-order valence-electron chi connectivity index (χ4n) is 2.27. The number of hydrogen-bond acceptors (Lipinski definition) is 5. The van der Waals surface area contributed by atoms with Crippen molar-refractivity contribution in [2.45, 2.75) is 27.4 Å². The Bertz CT molecular complexity index is 885. The second kappa shape index (κ2) is 7.17. The second-order valence-corrected chi connectivity index (χ2v) is 5.80. The highest BCUT2D eigenvalue weighted by Gasteiger charge is 2.08. The molecule has 0 aliphatic rings. The van der Waals surface area contributed by atoms with Crippen LogP contribution in [0.4, 0.5) is 5.69 Å². The number of nitrogens with one attached hydrogen (secondary N) is 1. The Morgan fingerprint density at radius 2 is 1.84 bits per heavy atom. The number of amides is 1. The van der Waals surface area contributed by atoms with Crippen molar-refractivity contribution in [3.63, 3.8) is 0 Å². The van der Waals surface area contributed by atoms with Crippen LogP contribution in [0.15, 0.2) is 47.0 Å². The zero-order chi connectivity index (χ0) is 17.8. The average Bonchev–Trinajstić information content (AvgIpc) is 3.02. The molecule has 2 aromatic carbocycles. The maximum Gasteiger partial charge on any atom is 0.255 e.